The first kappa shape index (κ1) is 15.3. The highest BCUT2D eigenvalue weighted by atomic mass is 16.6. The number of likely N-dealkylation sites (tertiary alicyclic amines) is 1. The van der Waals surface area contributed by atoms with Crippen LogP contribution in [0.25, 0.3) is 0 Å². The van der Waals surface area contributed by atoms with E-state index in [1.54, 1.807) is 0 Å². The van der Waals surface area contributed by atoms with Crippen molar-refractivity contribution in [3.05, 3.63) is 35.9 Å². The first-order valence-corrected chi connectivity index (χ1v) is 8.08. The van der Waals surface area contributed by atoms with Crippen LogP contribution >= 0.6 is 0 Å². The summed E-state index contributed by atoms with van der Waals surface area (Å²) in [7, 11) is 0. The number of piperidine rings is 1. The molecule has 0 unspecified atom stereocenters. The molecule has 0 bridgehead atoms. The SMILES string of the molecule is CC(C)(C)OC(=O)N1CCC([C@]2(c3ccccc3)CO2)CC1. The highest BCUT2D eigenvalue weighted by Crippen LogP contribution is 2.49. The van der Waals surface area contributed by atoms with E-state index in [-0.39, 0.29) is 11.7 Å². The molecule has 0 aromatic heterocycles. The predicted octanol–water partition coefficient (Wildman–Crippen LogP) is 3.56. The van der Waals surface area contributed by atoms with Crippen LogP contribution in [0.1, 0.15) is 39.2 Å². The molecular weight excluding hydrogens is 278 g/mol. The molecule has 2 fully saturated rings. The monoisotopic (exact) mass is 303 g/mol. The van der Waals surface area contributed by atoms with Gasteiger partial charge in [0.2, 0.25) is 0 Å². The molecule has 0 N–H and O–H groups in total. The van der Waals surface area contributed by atoms with Gasteiger partial charge in [-0.2, -0.15) is 0 Å². The van der Waals surface area contributed by atoms with Gasteiger partial charge in [0, 0.05) is 13.1 Å². The summed E-state index contributed by atoms with van der Waals surface area (Å²) in [5, 5.41) is 0. The topological polar surface area (TPSA) is 42.1 Å². The lowest BCUT2D eigenvalue weighted by Gasteiger charge is -2.35. The number of rotatable bonds is 2. The quantitative estimate of drug-likeness (QED) is 0.785. The summed E-state index contributed by atoms with van der Waals surface area (Å²) >= 11 is 0. The maximum absolute atomic E-state index is 12.1. The number of ether oxygens (including phenoxy) is 2. The lowest BCUT2D eigenvalue weighted by molar-refractivity contribution is 0.0140. The Kier molecular flexibility index (Phi) is 3.89. The number of carbonyl (C=O) groups is 1. The van der Waals surface area contributed by atoms with Crippen LogP contribution < -0.4 is 0 Å². The average molecular weight is 303 g/mol. The van der Waals surface area contributed by atoms with Gasteiger partial charge in [0.15, 0.2) is 0 Å². The van der Waals surface area contributed by atoms with Crippen LogP contribution in [0.3, 0.4) is 0 Å². The number of hydrogen-bond acceptors (Lipinski definition) is 3. The van der Waals surface area contributed by atoms with E-state index in [9.17, 15) is 4.79 Å². The number of nitrogens with zero attached hydrogens (tertiary/aromatic N) is 1. The largest absolute Gasteiger partial charge is 0.444 e. The molecule has 1 atom stereocenters. The standard InChI is InChI=1S/C18H25NO3/c1-17(2,3)22-16(20)19-11-9-15(10-12-19)18(13-21-18)14-7-5-4-6-8-14/h4-8,15H,9-13H2,1-3H3/t18-/m1/s1. The van der Waals surface area contributed by atoms with Gasteiger partial charge in [0.05, 0.1) is 6.61 Å². The van der Waals surface area contributed by atoms with Crippen molar-refractivity contribution in [2.24, 2.45) is 5.92 Å². The summed E-state index contributed by atoms with van der Waals surface area (Å²) in [6, 6.07) is 10.5. The normalized spacial score (nSPS) is 25.9. The fourth-order valence-corrected chi connectivity index (χ4v) is 3.29. The fraction of sp³-hybridized carbons (Fsp3) is 0.611. The first-order chi connectivity index (χ1) is 10.4. The molecule has 2 saturated heterocycles. The Morgan fingerprint density at radius 2 is 1.82 bits per heavy atom. The number of hydrogen-bond donors (Lipinski definition) is 0. The van der Waals surface area contributed by atoms with E-state index >= 15 is 0 Å². The van der Waals surface area contributed by atoms with Gasteiger partial charge in [0.1, 0.15) is 11.2 Å². The van der Waals surface area contributed by atoms with E-state index in [1.807, 2.05) is 31.7 Å². The Morgan fingerprint density at radius 3 is 2.32 bits per heavy atom. The predicted molar refractivity (Wildman–Crippen MR) is 84.6 cm³/mol. The highest BCUT2D eigenvalue weighted by Gasteiger charge is 2.53. The van der Waals surface area contributed by atoms with Crippen molar-refractivity contribution >= 4 is 6.09 Å². The molecule has 120 valence electrons. The van der Waals surface area contributed by atoms with Crippen molar-refractivity contribution in [3.8, 4) is 0 Å². The minimum absolute atomic E-state index is 0.110. The summed E-state index contributed by atoms with van der Waals surface area (Å²) in [4.78, 5) is 14.0. The Balaban J connectivity index is 1.60. The second kappa shape index (κ2) is 5.58. The van der Waals surface area contributed by atoms with Crippen molar-refractivity contribution in [1.82, 2.24) is 4.90 Å². The molecular formula is C18H25NO3. The summed E-state index contributed by atoms with van der Waals surface area (Å²) in [6.45, 7) is 8.00. The summed E-state index contributed by atoms with van der Waals surface area (Å²) in [5.74, 6) is 0.480. The third-order valence-electron chi connectivity index (χ3n) is 4.52. The zero-order valence-corrected chi connectivity index (χ0v) is 13.7. The van der Waals surface area contributed by atoms with Gasteiger partial charge in [-0.05, 0) is 45.1 Å². The number of carbonyl (C=O) groups excluding carboxylic acids is 1. The van der Waals surface area contributed by atoms with Crippen LogP contribution in [0.4, 0.5) is 4.79 Å². The molecule has 3 rings (SSSR count). The van der Waals surface area contributed by atoms with Gasteiger partial charge in [-0.15, -0.1) is 0 Å². The molecule has 2 heterocycles. The molecule has 1 aromatic rings. The van der Waals surface area contributed by atoms with Gasteiger partial charge in [-0.25, -0.2) is 4.79 Å². The van der Waals surface area contributed by atoms with E-state index < -0.39 is 5.60 Å². The van der Waals surface area contributed by atoms with E-state index in [0.717, 1.165) is 32.5 Å². The molecule has 0 aliphatic carbocycles. The maximum atomic E-state index is 12.1. The molecule has 1 aromatic carbocycles. The van der Waals surface area contributed by atoms with Crippen LogP contribution in [0.2, 0.25) is 0 Å². The molecule has 2 aliphatic rings. The summed E-state index contributed by atoms with van der Waals surface area (Å²) in [5.41, 5.74) is 0.728. The summed E-state index contributed by atoms with van der Waals surface area (Å²) in [6.07, 6.45) is 1.74. The fourth-order valence-electron chi connectivity index (χ4n) is 3.29. The molecule has 1 amide bonds. The molecule has 0 saturated carbocycles. The van der Waals surface area contributed by atoms with Crippen LogP contribution in [0.5, 0.6) is 0 Å². The van der Waals surface area contributed by atoms with E-state index in [2.05, 4.69) is 24.3 Å². The molecule has 4 heteroatoms. The third kappa shape index (κ3) is 3.12. The smallest absolute Gasteiger partial charge is 0.410 e. The lowest BCUT2D eigenvalue weighted by Crippen LogP contribution is -2.43. The second-order valence-electron chi connectivity index (χ2n) is 7.29. The van der Waals surface area contributed by atoms with Crippen LogP contribution in [0, 0.1) is 5.92 Å². The van der Waals surface area contributed by atoms with Crippen molar-refractivity contribution < 1.29 is 14.3 Å². The van der Waals surface area contributed by atoms with Crippen molar-refractivity contribution in [2.75, 3.05) is 19.7 Å². The zero-order valence-electron chi connectivity index (χ0n) is 13.7. The number of epoxide rings is 1. The third-order valence-corrected chi connectivity index (χ3v) is 4.52. The Hall–Kier alpha value is -1.55. The van der Waals surface area contributed by atoms with Crippen molar-refractivity contribution in [3.63, 3.8) is 0 Å². The van der Waals surface area contributed by atoms with Gasteiger partial charge in [0.25, 0.3) is 0 Å². The molecule has 0 radical (unpaired) electrons. The van der Waals surface area contributed by atoms with Crippen molar-refractivity contribution in [1.29, 1.82) is 0 Å². The summed E-state index contributed by atoms with van der Waals surface area (Å²) < 4.78 is 11.3. The Labute approximate surface area is 132 Å². The maximum Gasteiger partial charge on any atom is 0.410 e. The number of benzene rings is 1. The average Bonchev–Trinajstić information content (AvgIpc) is 3.28. The first-order valence-electron chi connectivity index (χ1n) is 8.08. The lowest BCUT2D eigenvalue weighted by atomic mass is 9.80. The minimum Gasteiger partial charge on any atom is -0.444 e. The highest BCUT2D eigenvalue weighted by molar-refractivity contribution is 5.68. The van der Waals surface area contributed by atoms with E-state index in [0.29, 0.717) is 5.92 Å². The second-order valence-corrected chi connectivity index (χ2v) is 7.29. The molecule has 4 nitrogen and oxygen atoms in total. The Bertz CT molecular complexity index is 523. The van der Waals surface area contributed by atoms with E-state index in [1.165, 1.54) is 5.56 Å². The van der Waals surface area contributed by atoms with Gasteiger partial charge in [-0.3, -0.25) is 0 Å². The van der Waals surface area contributed by atoms with Crippen LogP contribution in [-0.4, -0.2) is 36.3 Å². The van der Waals surface area contributed by atoms with Crippen molar-refractivity contribution in [2.45, 2.75) is 44.8 Å². The molecule has 0 spiro atoms. The molecule has 2 aliphatic heterocycles. The zero-order chi connectivity index (χ0) is 15.8. The Morgan fingerprint density at radius 1 is 1.23 bits per heavy atom. The van der Waals surface area contributed by atoms with Gasteiger partial charge >= 0.3 is 6.09 Å². The van der Waals surface area contributed by atoms with Gasteiger partial charge < -0.3 is 14.4 Å². The minimum atomic E-state index is -0.432. The van der Waals surface area contributed by atoms with Crippen LogP contribution in [-0.2, 0) is 15.1 Å². The van der Waals surface area contributed by atoms with E-state index in [4.69, 9.17) is 9.47 Å². The van der Waals surface area contributed by atoms with Crippen LogP contribution in [0.15, 0.2) is 30.3 Å². The van der Waals surface area contributed by atoms with Gasteiger partial charge in [-0.1, -0.05) is 30.3 Å². The number of amides is 1. The molecule has 22 heavy (non-hydrogen) atoms.